The van der Waals surface area contributed by atoms with Crippen LogP contribution >= 0.6 is 0 Å². The number of hydrogen-bond acceptors (Lipinski definition) is 3. The van der Waals surface area contributed by atoms with E-state index in [2.05, 4.69) is 16.3 Å². The molecule has 1 N–H and O–H groups in total. The topological polar surface area (TPSA) is 56.1 Å². The molecule has 4 nitrogen and oxygen atoms in total. The summed E-state index contributed by atoms with van der Waals surface area (Å²) in [6.07, 6.45) is 11.0. The Kier molecular flexibility index (Phi) is 5.26. The Balaban J connectivity index is 1.93. The first-order valence-corrected chi connectivity index (χ1v) is 7.46. The van der Waals surface area contributed by atoms with Crippen LogP contribution in [0.15, 0.2) is 11.8 Å². The fourth-order valence-corrected chi connectivity index (χ4v) is 2.88. The van der Waals surface area contributed by atoms with Crippen LogP contribution in [0.25, 0.3) is 0 Å². The van der Waals surface area contributed by atoms with Crippen molar-refractivity contribution in [2.24, 2.45) is 0 Å². The molecule has 0 radical (unpaired) electrons. The van der Waals surface area contributed by atoms with Crippen molar-refractivity contribution in [2.75, 3.05) is 13.1 Å². The van der Waals surface area contributed by atoms with Gasteiger partial charge in [0.1, 0.15) is 11.6 Å². The maximum Gasteiger partial charge on any atom is 0.263 e. The van der Waals surface area contributed by atoms with Crippen molar-refractivity contribution in [2.45, 2.75) is 57.4 Å². The van der Waals surface area contributed by atoms with Gasteiger partial charge < -0.3 is 10.2 Å². The quantitative estimate of drug-likeness (QED) is 0.626. The zero-order valence-electron chi connectivity index (χ0n) is 11.5. The molecule has 0 bridgehead atoms. The van der Waals surface area contributed by atoms with Crippen LogP contribution in [-0.2, 0) is 4.79 Å². The van der Waals surface area contributed by atoms with E-state index in [-0.39, 0.29) is 17.5 Å². The molecule has 1 saturated carbocycles. The Morgan fingerprint density at radius 2 is 1.74 bits per heavy atom. The van der Waals surface area contributed by atoms with E-state index < -0.39 is 0 Å². The van der Waals surface area contributed by atoms with Gasteiger partial charge in [-0.25, -0.2) is 0 Å². The molecule has 104 valence electrons. The SMILES string of the molecule is N#C/C(=C/N1CCCCCC1)C(=O)NC1CCCC1. The van der Waals surface area contributed by atoms with Crippen LogP contribution in [0.1, 0.15) is 51.4 Å². The molecule has 2 fully saturated rings. The normalized spacial score (nSPS) is 21.8. The maximum atomic E-state index is 12.1. The first-order valence-electron chi connectivity index (χ1n) is 7.46. The number of rotatable bonds is 3. The van der Waals surface area contributed by atoms with E-state index in [1.807, 2.05) is 0 Å². The lowest BCUT2D eigenvalue weighted by Gasteiger charge is -2.18. The van der Waals surface area contributed by atoms with Crippen molar-refractivity contribution in [3.63, 3.8) is 0 Å². The lowest BCUT2D eigenvalue weighted by molar-refractivity contribution is -0.117. The zero-order valence-corrected chi connectivity index (χ0v) is 11.5. The Bertz CT molecular complexity index is 369. The average molecular weight is 261 g/mol. The van der Waals surface area contributed by atoms with E-state index in [4.69, 9.17) is 5.26 Å². The Morgan fingerprint density at radius 3 is 2.32 bits per heavy atom. The summed E-state index contributed by atoms with van der Waals surface area (Å²) in [6.45, 7) is 1.92. The van der Waals surface area contributed by atoms with Crippen molar-refractivity contribution in [1.29, 1.82) is 5.26 Å². The van der Waals surface area contributed by atoms with Gasteiger partial charge in [0.15, 0.2) is 0 Å². The van der Waals surface area contributed by atoms with Crippen molar-refractivity contribution < 1.29 is 4.79 Å². The summed E-state index contributed by atoms with van der Waals surface area (Å²) in [4.78, 5) is 14.2. The Hall–Kier alpha value is -1.50. The molecule has 0 atom stereocenters. The first kappa shape index (κ1) is 13.9. The second-order valence-electron chi connectivity index (χ2n) is 5.56. The molecule has 1 heterocycles. The number of likely N-dealkylation sites (tertiary alicyclic amines) is 1. The molecule has 0 unspecified atom stereocenters. The van der Waals surface area contributed by atoms with Crippen LogP contribution in [0.4, 0.5) is 0 Å². The van der Waals surface area contributed by atoms with E-state index in [0.29, 0.717) is 0 Å². The summed E-state index contributed by atoms with van der Waals surface area (Å²) in [6, 6.07) is 2.32. The summed E-state index contributed by atoms with van der Waals surface area (Å²) in [5.74, 6) is -0.196. The average Bonchev–Trinajstić information content (AvgIpc) is 2.78. The Labute approximate surface area is 115 Å². The number of amides is 1. The molecule has 0 aromatic heterocycles. The van der Waals surface area contributed by atoms with Crippen molar-refractivity contribution >= 4 is 5.91 Å². The summed E-state index contributed by atoms with van der Waals surface area (Å²) in [7, 11) is 0. The van der Waals surface area contributed by atoms with E-state index >= 15 is 0 Å². The van der Waals surface area contributed by atoms with Gasteiger partial charge >= 0.3 is 0 Å². The minimum absolute atomic E-state index is 0.196. The predicted octanol–water partition coefficient (Wildman–Crippen LogP) is 2.33. The minimum atomic E-state index is -0.196. The van der Waals surface area contributed by atoms with E-state index in [9.17, 15) is 4.79 Å². The second-order valence-corrected chi connectivity index (χ2v) is 5.56. The molecule has 1 amide bonds. The highest BCUT2D eigenvalue weighted by Crippen LogP contribution is 2.18. The summed E-state index contributed by atoms with van der Waals surface area (Å²) < 4.78 is 0. The van der Waals surface area contributed by atoms with E-state index in [1.54, 1.807) is 6.20 Å². The number of hydrogen-bond donors (Lipinski definition) is 1. The molecule has 2 aliphatic rings. The molecule has 4 heteroatoms. The van der Waals surface area contributed by atoms with E-state index in [1.165, 1.54) is 25.7 Å². The molecular formula is C15H23N3O. The number of nitrogens with one attached hydrogen (secondary N) is 1. The molecule has 0 aromatic carbocycles. The van der Waals surface area contributed by atoms with Crippen LogP contribution in [0.2, 0.25) is 0 Å². The molecular weight excluding hydrogens is 238 g/mol. The lowest BCUT2D eigenvalue weighted by atomic mass is 10.2. The number of nitriles is 1. The Morgan fingerprint density at radius 1 is 1.11 bits per heavy atom. The van der Waals surface area contributed by atoms with Gasteiger partial charge in [-0.05, 0) is 25.7 Å². The van der Waals surface area contributed by atoms with Gasteiger partial charge in [-0.15, -0.1) is 0 Å². The fraction of sp³-hybridized carbons (Fsp3) is 0.733. The molecule has 1 aliphatic carbocycles. The smallest absolute Gasteiger partial charge is 0.263 e. The van der Waals surface area contributed by atoms with Gasteiger partial charge in [0.05, 0.1) is 0 Å². The highest BCUT2D eigenvalue weighted by molar-refractivity contribution is 5.97. The molecule has 1 saturated heterocycles. The molecule has 2 rings (SSSR count). The van der Waals surface area contributed by atoms with Gasteiger partial charge in [-0.2, -0.15) is 5.26 Å². The third kappa shape index (κ3) is 4.27. The van der Waals surface area contributed by atoms with Crippen LogP contribution in [-0.4, -0.2) is 29.9 Å². The largest absolute Gasteiger partial charge is 0.376 e. The summed E-state index contributed by atoms with van der Waals surface area (Å²) in [5.41, 5.74) is 0.258. The molecule has 0 aromatic rings. The van der Waals surface area contributed by atoms with Crippen LogP contribution in [0.5, 0.6) is 0 Å². The first-order chi connectivity index (χ1) is 9.29. The highest BCUT2D eigenvalue weighted by Gasteiger charge is 2.20. The number of carbonyl (C=O) groups excluding carboxylic acids is 1. The third-order valence-corrected chi connectivity index (χ3v) is 4.01. The molecule has 0 spiro atoms. The van der Waals surface area contributed by atoms with E-state index in [0.717, 1.165) is 38.8 Å². The van der Waals surface area contributed by atoms with Gasteiger partial charge in [0.2, 0.25) is 0 Å². The van der Waals surface area contributed by atoms with Gasteiger partial charge in [-0.3, -0.25) is 4.79 Å². The van der Waals surface area contributed by atoms with Crippen LogP contribution in [0.3, 0.4) is 0 Å². The lowest BCUT2D eigenvalue weighted by Crippen LogP contribution is -2.34. The second kappa shape index (κ2) is 7.18. The van der Waals surface area contributed by atoms with Crippen molar-refractivity contribution in [1.82, 2.24) is 10.2 Å². The van der Waals surface area contributed by atoms with Gasteiger partial charge in [0.25, 0.3) is 5.91 Å². The van der Waals surface area contributed by atoms with Crippen molar-refractivity contribution in [3.8, 4) is 6.07 Å². The third-order valence-electron chi connectivity index (χ3n) is 4.01. The number of nitrogens with zero attached hydrogens (tertiary/aromatic N) is 2. The fourth-order valence-electron chi connectivity index (χ4n) is 2.88. The number of carbonyl (C=O) groups is 1. The summed E-state index contributed by atoms with van der Waals surface area (Å²) >= 11 is 0. The van der Waals surface area contributed by atoms with Gasteiger partial charge in [-0.1, -0.05) is 25.7 Å². The van der Waals surface area contributed by atoms with Gasteiger partial charge in [0, 0.05) is 25.3 Å². The standard InChI is InChI=1S/C15H23N3O/c16-11-13(12-18-9-5-1-2-6-10-18)15(19)17-14-7-3-4-8-14/h12,14H,1-10H2,(H,17,19)/b13-12-. The highest BCUT2D eigenvalue weighted by atomic mass is 16.1. The zero-order chi connectivity index (χ0) is 13.5. The van der Waals surface area contributed by atoms with Crippen LogP contribution in [0, 0.1) is 11.3 Å². The van der Waals surface area contributed by atoms with Crippen molar-refractivity contribution in [3.05, 3.63) is 11.8 Å². The predicted molar refractivity (Wildman–Crippen MR) is 74.1 cm³/mol. The molecule has 1 aliphatic heterocycles. The summed E-state index contributed by atoms with van der Waals surface area (Å²) in [5, 5.41) is 12.1. The molecule has 19 heavy (non-hydrogen) atoms. The minimum Gasteiger partial charge on any atom is -0.376 e. The monoisotopic (exact) mass is 261 g/mol. The van der Waals surface area contributed by atoms with Crippen LogP contribution < -0.4 is 5.32 Å². The maximum absolute atomic E-state index is 12.1.